The highest BCUT2D eigenvalue weighted by atomic mass is 35.5. The number of thioether (sulfide) groups is 1. The molecule has 7 nitrogen and oxygen atoms in total. The molecular formula is C26H20ClN3O4S. The number of hydrogen-bond acceptors (Lipinski definition) is 6. The number of esters is 1. The average Bonchev–Trinajstić information content (AvgIpc) is 3.55. The van der Waals surface area contributed by atoms with Crippen LogP contribution in [0.25, 0.3) is 17.0 Å². The second kappa shape index (κ2) is 9.48. The molecule has 0 bridgehead atoms. The van der Waals surface area contributed by atoms with Gasteiger partial charge < -0.3 is 19.0 Å². The Morgan fingerprint density at radius 3 is 2.89 bits per heavy atom. The zero-order valence-corrected chi connectivity index (χ0v) is 20.4. The number of nitrogens with one attached hydrogen (secondary N) is 1. The van der Waals surface area contributed by atoms with Gasteiger partial charge in [-0.1, -0.05) is 35.9 Å². The molecule has 1 aliphatic heterocycles. The number of furan rings is 1. The predicted octanol–water partition coefficient (Wildman–Crippen LogP) is 5.92. The van der Waals surface area contributed by atoms with Crippen LogP contribution in [-0.4, -0.2) is 28.7 Å². The largest absolute Gasteiger partial charge is 0.463 e. The Morgan fingerprint density at radius 1 is 1.23 bits per heavy atom. The zero-order valence-electron chi connectivity index (χ0n) is 18.9. The first-order chi connectivity index (χ1) is 16.9. The van der Waals surface area contributed by atoms with Crippen LogP contribution in [0.4, 0.5) is 5.69 Å². The van der Waals surface area contributed by atoms with Gasteiger partial charge in [0.15, 0.2) is 5.17 Å². The number of amidine groups is 1. The van der Waals surface area contributed by atoms with Gasteiger partial charge in [0.05, 0.1) is 24.2 Å². The number of aryl methyl sites for hydroxylation is 1. The van der Waals surface area contributed by atoms with E-state index in [1.807, 2.05) is 54.1 Å². The number of nitrogens with zero attached hydrogens (tertiary/aromatic N) is 2. The molecule has 0 spiro atoms. The summed E-state index contributed by atoms with van der Waals surface area (Å²) in [6.07, 6.45) is 3.82. The molecule has 0 aliphatic carbocycles. The summed E-state index contributed by atoms with van der Waals surface area (Å²) in [4.78, 5) is 29.5. The number of halogens is 1. The van der Waals surface area contributed by atoms with Crippen molar-refractivity contribution in [2.24, 2.45) is 4.99 Å². The Kier molecular flexibility index (Phi) is 6.23. The fraction of sp³-hybridized carbons (Fsp3) is 0.115. The van der Waals surface area contributed by atoms with Gasteiger partial charge in [-0.2, -0.15) is 0 Å². The Labute approximate surface area is 210 Å². The quantitative estimate of drug-likeness (QED) is 0.268. The van der Waals surface area contributed by atoms with Crippen LogP contribution in [0.15, 0.2) is 75.1 Å². The molecule has 5 rings (SSSR count). The molecule has 2 aromatic heterocycles. The predicted molar refractivity (Wildman–Crippen MR) is 138 cm³/mol. The smallest absolute Gasteiger partial charge is 0.373 e. The van der Waals surface area contributed by atoms with E-state index in [1.54, 1.807) is 24.3 Å². The minimum Gasteiger partial charge on any atom is -0.463 e. The number of aliphatic imine (C=N–C) groups is 1. The molecule has 1 N–H and O–H groups in total. The minimum atomic E-state index is -0.520. The van der Waals surface area contributed by atoms with E-state index in [0.717, 1.165) is 22.0 Å². The fourth-order valence-electron chi connectivity index (χ4n) is 3.80. The number of benzene rings is 2. The second-order valence-corrected chi connectivity index (χ2v) is 9.37. The van der Waals surface area contributed by atoms with Crippen LogP contribution >= 0.6 is 23.4 Å². The highest BCUT2D eigenvalue weighted by molar-refractivity contribution is 8.18. The third-order valence-corrected chi connectivity index (χ3v) is 6.67. The molecule has 2 aromatic carbocycles. The molecule has 35 heavy (non-hydrogen) atoms. The minimum absolute atomic E-state index is 0.155. The summed E-state index contributed by atoms with van der Waals surface area (Å²) < 4.78 is 12.4. The first-order valence-electron chi connectivity index (χ1n) is 10.7. The first kappa shape index (κ1) is 23.0. The van der Waals surface area contributed by atoms with Gasteiger partial charge in [0, 0.05) is 27.7 Å². The number of carbonyl (C=O) groups excluding carboxylic acids is 2. The van der Waals surface area contributed by atoms with Crippen molar-refractivity contribution in [3.8, 4) is 0 Å². The van der Waals surface area contributed by atoms with Crippen molar-refractivity contribution >= 4 is 63.1 Å². The molecule has 1 saturated heterocycles. The Hall–Kier alpha value is -3.75. The van der Waals surface area contributed by atoms with Crippen molar-refractivity contribution in [3.05, 3.63) is 93.4 Å². The molecule has 176 valence electrons. The second-order valence-electron chi connectivity index (χ2n) is 7.90. The van der Waals surface area contributed by atoms with Crippen LogP contribution in [-0.2, 0) is 16.1 Å². The molecule has 0 saturated carbocycles. The maximum absolute atomic E-state index is 12.7. The van der Waals surface area contributed by atoms with Gasteiger partial charge in [-0.25, -0.2) is 9.79 Å². The number of para-hydroxylation sites is 1. The Morgan fingerprint density at radius 2 is 2.06 bits per heavy atom. The number of ether oxygens (including phenoxy) is 1. The summed E-state index contributed by atoms with van der Waals surface area (Å²) in [6.45, 7) is 2.36. The van der Waals surface area contributed by atoms with Crippen molar-refractivity contribution in [1.29, 1.82) is 0 Å². The highest BCUT2D eigenvalue weighted by Gasteiger charge is 2.25. The van der Waals surface area contributed by atoms with Crippen LogP contribution in [0.1, 0.15) is 27.4 Å². The topological polar surface area (TPSA) is 85.8 Å². The fourth-order valence-corrected chi connectivity index (χ4v) is 4.79. The Balaban J connectivity index is 1.45. The van der Waals surface area contributed by atoms with Crippen LogP contribution in [0.3, 0.4) is 0 Å². The lowest BCUT2D eigenvalue weighted by atomic mass is 10.1. The lowest BCUT2D eigenvalue weighted by Crippen LogP contribution is -2.19. The van der Waals surface area contributed by atoms with Crippen LogP contribution in [0, 0.1) is 6.92 Å². The van der Waals surface area contributed by atoms with Gasteiger partial charge in [-0.15, -0.1) is 0 Å². The monoisotopic (exact) mass is 505 g/mol. The standard InChI is InChI=1S/C26H20ClN3O4S/c1-15-7-8-17(27)12-20(15)28-26-29-24(31)23(35-26)11-16-13-30(21-6-4-3-5-19(16)21)14-18-9-10-22(34-18)25(32)33-2/h3-13H,14H2,1-2H3,(H,28,29,31)/b23-11-. The molecule has 0 unspecified atom stereocenters. The van der Waals surface area contributed by atoms with E-state index in [2.05, 4.69) is 10.3 Å². The van der Waals surface area contributed by atoms with E-state index in [1.165, 1.54) is 18.9 Å². The third kappa shape index (κ3) is 4.76. The summed E-state index contributed by atoms with van der Waals surface area (Å²) in [5, 5.41) is 4.91. The number of hydrogen-bond donors (Lipinski definition) is 1. The van der Waals surface area contributed by atoms with Crippen LogP contribution in [0.2, 0.25) is 5.02 Å². The Bertz CT molecular complexity index is 1530. The number of amides is 1. The molecule has 1 fully saturated rings. The molecule has 1 aliphatic rings. The number of methoxy groups -OCH3 is 1. The molecule has 9 heteroatoms. The number of carbonyl (C=O) groups is 2. The van der Waals surface area contributed by atoms with E-state index in [4.69, 9.17) is 20.8 Å². The van der Waals surface area contributed by atoms with E-state index >= 15 is 0 Å². The summed E-state index contributed by atoms with van der Waals surface area (Å²) in [6, 6.07) is 16.7. The van der Waals surface area contributed by atoms with Gasteiger partial charge >= 0.3 is 5.97 Å². The molecule has 0 atom stereocenters. The zero-order chi connectivity index (χ0) is 24.5. The lowest BCUT2D eigenvalue weighted by molar-refractivity contribution is -0.115. The van der Waals surface area contributed by atoms with Crippen molar-refractivity contribution in [2.75, 3.05) is 7.11 Å². The normalized spacial score (nSPS) is 15.8. The average molecular weight is 506 g/mol. The van der Waals surface area contributed by atoms with Crippen molar-refractivity contribution in [3.63, 3.8) is 0 Å². The summed E-state index contributed by atoms with van der Waals surface area (Å²) >= 11 is 7.38. The number of fused-ring (bicyclic) bond motifs is 1. The molecule has 3 heterocycles. The third-order valence-electron chi connectivity index (χ3n) is 5.52. The van der Waals surface area contributed by atoms with Crippen molar-refractivity contribution in [1.82, 2.24) is 9.88 Å². The van der Waals surface area contributed by atoms with E-state index < -0.39 is 5.97 Å². The summed E-state index contributed by atoms with van der Waals surface area (Å²) in [7, 11) is 1.31. The highest BCUT2D eigenvalue weighted by Crippen LogP contribution is 2.32. The first-order valence-corrected chi connectivity index (χ1v) is 11.9. The number of aromatic nitrogens is 1. The van der Waals surface area contributed by atoms with Gasteiger partial charge in [0.25, 0.3) is 5.91 Å². The van der Waals surface area contributed by atoms with Gasteiger partial charge in [0.2, 0.25) is 5.76 Å². The van der Waals surface area contributed by atoms with Gasteiger partial charge in [0.1, 0.15) is 5.76 Å². The molecular weight excluding hydrogens is 486 g/mol. The lowest BCUT2D eigenvalue weighted by Gasteiger charge is -2.02. The van der Waals surface area contributed by atoms with E-state index in [0.29, 0.717) is 33.1 Å². The van der Waals surface area contributed by atoms with Gasteiger partial charge in [-0.3, -0.25) is 4.79 Å². The van der Waals surface area contributed by atoms with Crippen molar-refractivity contribution < 1.29 is 18.7 Å². The number of rotatable bonds is 5. The molecule has 1 amide bonds. The van der Waals surface area contributed by atoms with E-state index in [9.17, 15) is 9.59 Å². The summed E-state index contributed by atoms with van der Waals surface area (Å²) in [5.74, 6) is 0.0412. The molecule has 4 aromatic rings. The SMILES string of the molecule is COC(=O)c1ccc(Cn2cc(/C=C3\SC(=Nc4cc(Cl)ccc4C)NC3=O)c3ccccc32)o1. The van der Waals surface area contributed by atoms with Crippen LogP contribution < -0.4 is 5.32 Å². The molecule has 0 radical (unpaired) electrons. The van der Waals surface area contributed by atoms with Gasteiger partial charge in [-0.05, 0) is 60.7 Å². The van der Waals surface area contributed by atoms with Crippen molar-refractivity contribution in [2.45, 2.75) is 13.5 Å². The maximum Gasteiger partial charge on any atom is 0.373 e. The summed E-state index contributed by atoms with van der Waals surface area (Å²) in [5.41, 5.74) is 3.54. The van der Waals surface area contributed by atoms with Crippen LogP contribution in [0.5, 0.6) is 0 Å². The van der Waals surface area contributed by atoms with E-state index in [-0.39, 0.29) is 11.7 Å². The maximum atomic E-state index is 12.7.